The minimum atomic E-state index is -4.31. The van der Waals surface area contributed by atoms with Crippen molar-refractivity contribution in [1.82, 2.24) is 5.32 Å². The predicted molar refractivity (Wildman–Crippen MR) is 68.9 cm³/mol. The zero-order chi connectivity index (χ0) is 14.3. The zero-order valence-corrected chi connectivity index (χ0v) is 10.8. The van der Waals surface area contributed by atoms with Crippen molar-refractivity contribution in [1.29, 1.82) is 0 Å². The Morgan fingerprint density at radius 1 is 1.32 bits per heavy atom. The van der Waals surface area contributed by atoms with Gasteiger partial charge in [-0.1, -0.05) is 36.4 Å². The topological polar surface area (TPSA) is 21.3 Å². The molecule has 0 spiro atoms. The summed E-state index contributed by atoms with van der Waals surface area (Å²) in [5.74, 6) is 0. The Kier molecular flexibility index (Phi) is 6.05. The highest BCUT2D eigenvalue weighted by atomic mass is 19.4. The summed E-state index contributed by atoms with van der Waals surface area (Å²) in [6.07, 6.45) is -3.22. The third-order valence-corrected chi connectivity index (χ3v) is 2.74. The lowest BCUT2D eigenvalue weighted by Crippen LogP contribution is -2.44. The van der Waals surface area contributed by atoms with Gasteiger partial charge in [0, 0.05) is 7.11 Å². The number of hydrogen-bond acceptors (Lipinski definition) is 2. The minimum absolute atomic E-state index is 0.170. The zero-order valence-electron chi connectivity index (χ0n) is 10.8. The molecule has 1 aromatic carbocycles. The van der Waals surface area contributed by atoms with E-state index in [4.69, 9.17) is 4.74 Å². The molecule has 1 N–H and O–H groups in total. The molecule has 0 saturated heterocycles. The van der Waals surface area contributed by atoms with Crippen molar-refractivity contribution in [2.75, 3.05) is 13.7 Å². The van der Waals surface area contributed by atoms with E-state index in [9.17, 15) is 13.2 Å². The maximum absolute atomic E-state index is 12.9. The van der Waals surface area contributed by atoms with E-state index in [-0.39, 0.29) is 13.0 Å². The summed E-state index contributed by atoms with van der Waals surface area (Å²) in [5.41, 5.74) is 0.766. The first-order valence-electron chi connectivity index (χ1n) is 5.96. The fourth-order valence-electron chi connectivity index (χ4n) is 1.80. The van der Waals surface area contributed by atoms with E-state index >= 15 is 0 Å². The lowest BCUT2D eigenvalue weighted by molar-refractivity contribution is -0.157. The third kappa shape index (κ3) is 5.04. The van der Waals surface area contributed by atoms with Crippen LogP contribution in [0.5, 0.6) is 0 Å². The number of halogens is 3. The Balaban J connectivity index is 2.84. The Morgan fingerprint density at radius 2 is 1.95 bits per heavy atom. The van der Waals surface area contributed by atoms with Crippen molar-refractivity contribution in [3.8, 4) is 0 Å². The van der Waals surface area contributed by atoms with E-state index in [1.165, 1.54) is 13.2 Å². The molecular formula is C14H18F3NO. The highest BCUT2D eigenvalue weighted by Gasteiger charge is 2.39. The van der Waals surface area contributed by atoms with Crippen molar-refractivity contribution in [2.45, 2.75) is 24.7 Å². The van der Waals surface area contributed by atoms with Crippen LogP contribution in [-0.4, -0.2) is 25.9 Å². The number of ether oxygens (including phenoxy) is 1. The maximum Gasteiger partial charge on any atom is 0.404 e. The van der Waals surface area contributed by atoms with Gasteiger partial charge in [-0.2, -0.15) is 13.2 Å². The van der Waals surface area contributed by atoms with E-state index in [0.717, 1.165) is 5.56 Å². The van der Waals surface area contributed by atoms with Crippen LogP contribution in [0, 0.1) is 0 Å². The van der Waals surface area contributed by atoms with Gasteiger partial charge in [-0.25, -0.2) is 0 Å². The lowest BCUT2D eigenvalue weighted by Gasteiger charge is -2.26. The molecule has 19 heavy (non-hydrogen) atoms. The summed E-state index contributed by atoms with van der Waals surface area (Å²) in [4.78, 5) is 0. The number of benzene rings is 1. The quantitative estimate of drug-likeness (QED) is 0.768. The van der Waals surface area contributed by atoms with Gasteiger partial charge >= 0.3 is 6.18 Å². The van der Waals surface area contributed by atoms with Crippen LogP contribution in [0.15, 0.2) is 43.0 Å². The molecule has 1 unspecified atom stereocenters. The number of hydrogen-bond donors (Lipinski definition) is 1. The van der Waals surface area contributed by atoms with E-state index < -0.39 is 18.3 Å². The normalized spacial score (nSPS) is 14.9. The molecule has 0 radical (unpaired) electrons. The Morgan fingerprint density at radius 3 is 2.42 bits per heavy atom. The van der Waals surface area contributed by atoms with Gasteiger partial charge in [0.15, 0.2) is 0 Å². The van der Waals surface area contributed by atoms with E-state index in [2.05, 4.69) is 11.9 Å². The van der Waals surface area contributed by atoms with Gasteiger partial charge in [-0.05, 0) is 12.0 Å². The fraction of sp³-hybridized carbons (Fsp3) is 0.429. The SMILES string of the molecule is C=CCC(N[C@@H](COC)c1ccccc1)C(F)(F)F. The van der Waals surface area contributed by atoms with Crippen molar-refractivity contribution in [3.05, 3.63) is 48.6 Å². The van der Waals surface area contributed by atoms with Crippen molar-refractivity contribution < 1.29 is 17.9 Å². The molecule has 0 amide bonds. The summed E-state index contributed by atoms with van der Waals surface area (Å²) in [6.45, 7) is 3.54. The highest BCUT2D eigenvalue weighted by Crippen LogP contribution is 2.26. The van der Waals surface area contributed by atoms with Crippen molar-refractivity contribution in [2.24, 2.45) is 0 Å². The van der Waals surface area contributed by atoms with Gasteiger partial charge in [-0.3, -0.25) is 5.32 Å². The van der Waals surface area contributed by atoms with E-state index in [1.54, 1.807) is 24.3 Å². The summed E-state index contributed by atoms with van der Waals surface area (Å²) >= 11 is 0. The smallest absolute Gasteiger partial charge is 0.383 e. The Labute approximate surface area is 111 Å². The van der Waals surface area contributed by atoms with Gasteiger partial charge < -0.3 is 4.74 Å². The summed E-state index contributed by atoms with van der Waals surface area (Å²) in [7, 11) is 1.47. The molecule has 106 valence electrons. The molecule has 0 fully saturated rings. The molecule has 1 rings (SSSR count). The van der Waals surface area contributed by atoms with Crippen LogP contribution in [0.1, 0.15) is 18.0 Å². The summed E-state index contributed by atoms with van der Waals surface area (Å²) in [6, 6.07) is 6.82. The van der Waals surface area contributed by atoms with Gasteiger partial charge in [-0.15, -0.1) is 6.58 Å². The average molecular weight is 273 g/mol. The van der Waals surface area contributed by atoms with E-state index in [0.29, 0.717) is 0 Å². The molecule has 2 atom stereocenters. The number of nitrogens with one attached hydrogen (secondary N) is 1. The molecule has 0 heterocycles. The third-order valence-electron chi connectivity index (χ3n) is 2.74. The minimum Gasteiger partial charge on any atom is -0.383 e. The second-order valence-corrected chi connectivity index (χ2v) is 4.20. The molecule has 2 nitrogen and oxygen atoms in total. The molecule has 1 aromatic rings. The Hall–Kier alpha value is -1.33. The lowest BCUT2D eigenvalue weighted by atomic mass is 10.1. The first-order chi connectivity index (χ1) is 8.99. The second-order valence-electron chi connectivity index (χ2n) is 4.20. The standard InChI is InChI=1S/C14H18F3NO/c1-3-7-13(14(15,16)17)18-12(10-19-2)11-8-5-4-6-9-11/h3-6,8-9,12-13,18H,1,7,10H2,2H3/t12-,13?/m0/s1. The van der Waals surface area contributed by atoms with Gasteiger partial charge in [0.1, 0.15) is 6.04 Å². The molecule has 0 aromatic heterocycles. The number of rotatable bonds is 7. The summed E-state index contributed by atoms with van der Waals surface area (Å²) in [5, 5.41) is 2.59. The largest absolute Gasteiger partial charge is 0.404 e. The average Bonchev–Trinajstić information content (AvgIpc) is 2.37. The van der Waals surface area contributed by atoms with Crippen LogP contribution in [0.25, 0.3) is 0 Å². The number of methoxy groups -OCH3 is 1. The van der Waals surface area contributed by atoms with Crippen molar-refractivity contribution >= 4 is 0 Å². The fourth-order valence-corrected chi connectivity index (χ4v) is 1.80. The van der Waals surface area contributed by atoms with Crippen LogP contribution >= 0.6 is 0 Å². The van der Waals surface area contributed by atoms with Crippen LogP contribution in [0.4, 0.5) is 13.2 Å². The molecule has 0 saturated carbocycles. The summed E-state index contributed by atoms with van der Waals surface area (Å²) < 4.78 is 43.6. The molecule has 5 heteroatoms. The van der Waals surface area contributed by atoms with Crippen LogP contribution in [0.3, 0.4) is 0 Å². The van der Waals surface area contributed by atoms with Crippen LogP contribution in [0.2, 0.25) is 0 Å². The monoisotopic (exact) mass is 273 g/mol. The molecular weight excluding hydrogens is 255 g/mol. The predicted octanol–water partition coefficient (Wildman–Crippen LogP) is 3.47. The molecule has 0 aliphatic rings. The Bertz CT molecular complexity index is 378. The molecule has 0 aliphatic carbocycles. The van der Waals surface area contributed by atoms with Gasteiger partial charge in [0.25, 0.3) is 0 Å². The first kappa shape index (κ1) is 15.7. The van der Waals surface area contributed by atoms with Gasteiger partial charge in [0.2, 0.25) is 0 Å². The van der Waals surface area contributed by atoms with E-state index in [1.807, 2.05) is 6.07 Å². The second kappa shape index (κ2) is 7.31. The highest BCUT2D eigenvalue weighted by molar-refractivity contribution is 5.19. The molecule has 0 bridgehead atoms. The van der Waals surface area contributed by atoms with Crippen LogP contribution in [-0.2, 0) is 4.74 Å². The first-order valence-corrected chi connectivity index (χ1v) is 5.96. The number of alkyl halides is 3. The maximum atomic E-state index is 12.9. The van der Waals surface area contributed by atoms with Crippen LogP contribution < -0.4 is 5.32 Å². The van der Waals surface area contributed by atoms with Gasteiger partial charge in [0.05, 0.1) is 12.6 Å². The van der Waals surface area contributed by atoms with Crippen molar-refractivity contribution in [3.63, 3.8) is 0 Å². The molecule has 0 aliphatic heterocycles.